The first-order valence-electron chi connectivity index (χ1n) is 5.53. The largest absolute Gasteiger partial charge is 0.454 e. The molecule has 0 unspecified atom stereocenters. The Labute approximate surface area is 122 Å². The Balaban J connectivity index is 2.15. The van der Waals surface area contributed by atoms with Crippen molar-refractivity contribution in [3.05, 3.63) is 56.4 Å². The van der Waals surface area contributed by atoms with Crippen LogP contribution in [0.25, 0.3) is 0 Å². The van der Waals surface area contributed by atoms with Gasteiger partial charge in [0.2, 0.25) is 0 Å². The predicted octanol–water partition coefficient (Wildman–Crippen LogP) is 2.66. The zero-order chi connectivity index (χ0) is 14.7. The average Bonchev–Trinajstić information content (AvgIpc) is 2.85. The fraction of sp³-hybridized carbons (Fsp3) is 0.0833. The van der Waals surface area contributed by atoms with Gasteiger partial charge in [0.05, 0.1) is 11.5 Å². The third-order valence-electron chi connectivity index (χ3n) is 2.51. The van der Waals surface area contributed by atoms with Gasteiger partial charge in [0.25, 0.3) is 11.6 Å². The van der Waals surface area contributed by atoms with E-state index in [-0.39, 0.29) is 18.0 Å². The zero-order valence-electron chi connectivity index (χ0n) is 10.1. The summed E-state index contributed by atoms with van der Waals surface area (Å²) in [6.07, 6.45) is 0. The quantitative estimate of drug-likeness (QED) is 0.642. The van der Waals surface area contributed by atoms with Crippen LogP contribution >= 0.6 is 15.9 Å². The minimum Gasteiger partial charge on any atom is -0.454 e. The van der Waals surface area contributed by atoms with Crippen LogP contribution in [0, 0.1) is 10.1 Å². The number of benzene rings is 1. The first kappa shape index (κ1) is 14.1. The summed E-state index contributed by atoms with van der Waals surface area (Å²) in [5.74, 6) is -0.164. The molecule has 2 aromatic rings. The van der Waals surface area contributed by atoms with Gasteiger partial charge in [0.15, 0.2) is 5.76 Å². The van der Waals surface area contributed by atoms with E-state index in [1.807, 2.05) is 0 Å². The monoisotopic (exact) mass is 339 g/mol. The summed E-state index contributed by atoms with van der Waals surface area (Å²) in [7, 11) is 0. The van der Waals surface area contributed by atoms with Crippen LogP contribution in [0.15, 0.2) is 39.2 Å². The number of nitrogens with zero attached hydrogens (tertiary/aromatic N) is 1. The Kier molecular flexibility index (Phi) is 4.04. The van der Waals surface area contributed by atoms with Crippen LogP contribution in [0.3, 0.4) is 0 Å². The maximum atomic E-state index is 10.9. The van der Waals surface area contributed by atoms with Crippen LogP contribution in [0.1, 0.15) is 16.3 Å². The maximum absolute atomic E-state index is 10.9. The number of nitrogens with two attached hydrogens (primary N) is 1. The number of hydrogen-bond donors (Lipinski definition) is 2. The molecule has 0 atom stereocenters. The van der Waals surface area contributed by atoms with E-state index < -0.39 is 10.8 Å². The highest BCUT2D eigenvalue weighted by Gasteiger charge is 2.14. The molecule has 1 heterocycles. The Morgan fingerprint density at radius 3 is 2.75 bits per heavy atom. The van der Waals surface area contributed by atoms with Crippen molar-refractivity contribution in [1.29, 1.82) is 0 Å². The van der Waals surface area contributed by atoms with Crippen molar-refractivity contribution in [3.8, 4) is 0 Å². The van der Waals surface area contributed by atoms with Crippen molar-refractivity contribution in [2.45, 2.75) is 6.54 Å². The second-order valence-corrected chi connectivity index (χ2v) is 4.82. The van der Waals surface area contributed by atoms with Gasteiger partial charge in [-0.3, -0.25) is 14.9 Å². The van der Waals surface area contributed by atoms with Crippen molar-refractivity contribution in [3.63, 3.8) is 0 Å². The van der Waals surface area contributed by atoms with Gasteiger partial charge in [-0.25, -0.2) is 0 Å². The van der Waals surface area contributed by atoms with Gasteiger partial charge in [-0.05, 0) is 24.3 Å². The number of halogens is 1. The smallest absolute Gasteiger partial charge is 0.292 e. The molecule has 0 radical (unpaired) electrons. The van der Waals surface area contributed by atoms with Gasteiger partial charge in [-0.1, -0.05) is 15.9 Å². The lowest BCUT2D eigenvalue weighted by Crippen LogP contribution is -2.09. The van der Waals surface area contributed by atoms with Crippen LogP contribution in [-0.2, 0) is 6.54 Å². The van der Waals surface area contributed by atoms with Crippen molar-refractivity contribution in [2.24, 2.45) is 5.73 Å². The lowest BCUT2D eigenvalue weighted by molar-refractivity contribution is -0.384. The molecule has 0 saturated carbocycles. The number of primary amides is 1. The topological polar surface area (TPSA) is 111 Å². The number of rotatable bonds is 5. The summed E-state index contributed by atoms with van der Waals surface area (Å²) in [6, 6.07) is 7.60. The van der Waals surface area contributed by atoms with Crippen LogP contribution in [0.2, 0.25) is 0 Å². The molecular formula is C12H10BrN3O4. The van der Waals surface area contributed by atoms with E-state index in [4.69, 9.17) is 10.2 Å². The summed E-state index contributed by atoms with van der Waals surface area (Å²) in [5, 5.41) is 13.8. The minimum atomic E-state index is -0.662. The van der Waals surface area contributed by atoms with Gasteiger partial charge >= 0.3 is 0 Å². The Morgan fingerprint density at radius 2 is 2.15 bits per heavy atom. The molecule has 1 aromatic heterocycles. The lowest BCUT2D eigenvalue weighted by atomic mass is 10.2. The lowest BCUT2D eigenvalue weighted by Gasteiger charge is -2.06. The number of nitro groups is 1. The van der Waals surface area contributed by atoms with Gasteiger partial charge in [0, 0.05) is 10.5 Å². The number of amides is 1. The SMILES string of the molecule is NC(=O)c1ccc(CNc2cc(Br)ccc2[N+](=O)[O-])o1. The van der Waals surface area contributed by atoms with Crippen LogP contribution in [0.5, 0.6) is 0 Å². The van der Waals surface area contributed by atoms with E-state index in [9.17, 15) is 14.9 Å². The number of anilines is 1. The number of hydrogen-bond acceptors (Lipinski definition) is 5. The standard InChI is InChI=1S/C12H10BrN3O4/c13-7-1-3-10(16(18)19)9(5-7)15-6-8-2-4-11(20-8)12(14)17/h1-5,15H,6H2,(H2,14,17). The predicted molar refractivity (Wildman–Crippen MR) is 75.3 cm³/mol. The van der Waals surface area contributed by atoms with Gasteiger partial charge in [-0.15, -0.1) is 0 Å². The molecule has 8 heteroatoms. The Morgan fingerprint density at radius 1 is 1.40 bits per heavy atom. The molecule has 7 nitrogen and oxygen atoms in total. The first-order chi connectivity index (χ1) is 9.47. The molecule has 0 aliphatic rings. The van der Waals surface area contributed by atoms with E-state index in [1.54, 1.807) is 18.2 Å². The molecule has 1 amide bonds. The van der Waals surface area contributed by atoms with E-state index in [0.717, 1.165) is 0 Å². The number of nitrogens with one attached hydrogen (secondary N) is 1. The highest BCUT2D eigenvalue weighted by molar-refractivity contribution is 9.10. The molecule has 0 aliphatic heterocycles. The van der Waals surface area contributed by atoms with Crippen molar-refractivity contribution in [2.75, 3.05) is 5.32 Å². The van der Waals surface area contributed by atoms with Crippen molar-refractivity contribution < 1.29 is 14.1 Å². The number of nitro benzene ring substituents is 1. The summed E-state index contributed by atoms with van der Waals surface area (Å²) in [4.78, 5) is 21.3. The van der Waals surface area contributed by atoms with Gasteiger partial charge < -0.3 is 15.5 Å². The first-order valence-corrected chi connectivity index (χ1v) is 6.33. The molecule has 104 valence electrons. The van der Waals surface area contributed by atoms with Crippen LogP contribution in [-0.4, -0.2) is 10.8 Å². The van der Waals surface area contributed by atoms with Gasteiger partial charge in [-0.2, -0.15) is 0 Å². The van der Waals surface area contributed by atoms with E-state index >= 15 is 0 Å². The third-order valence-corrected chi connectivity index (χ3v) is 3.01. The average molecular weight is 340 g/mol. The second-order valence-electron chi connectivity index (χ2n) is 3.90. The van der Waals surface area contributed by atoms with E-state index in [1.165, 1.54) is 12.1 Å². The summed E-state index contributed by atoms with van der Waals surface area (Å²) in [6.45, 7) is 0.199. The maximum Gasteiger partial charge on any atom is 0.292 e. The van der Waals surface area contributed by atoms with Crippen LogP contribution in [0.4, 0.5) is 11.4 Å². The normalized spacial score (nSPS) is 10.2. The molecule has 0 aliphatic carbocycles. The zero-order valence-corrected chi connectivity index (χ0v) is 11.7. The molecule has 1 aromatic carbocycles. The molecule has 0 spiro atoms. The van der Waals surface area contributed by atoms with Gasteiger partial charge in [0.1, 0.15) is 11.4 Å². The van der Waals surface area contributed by atoms with Crippen LogP contribution < -0.4 is 11.1 Å². The molecule has 20 heavy (non-hydrogen) atoms. The highest BCUT2D eigenvalue weighted by Crippen LogP contribution is 2.28. The minimum absolute atomic E-state index is 0.0464. The second kappa shape index (κ2) is 5.74. The fourth-order valence-electron chi connectivity index (χ4n) is 1.60. The Hall–Kier alpha value is -2.35. The number of carbonyl (C=O) groups excluding carboxylic acids is 1. The van der Waals surface area contributed by atoms with Crippen molar-refractivity contribution in [1.82, 2.24) is 0 Å². The molecule has 0 fully saturated rings. The molecule has 0 bridgehead atoms. The van der Waals surface area contributed by atoms with E-state index in [2.05, 4.69) is 21.2 Å². The number of carbonyl (C=O) groups is 1. The number of furan rings is 1. The molecule has 2 rings (SSSR count). The Bertz CT molecular complexity index is 668. The van der Waals surface area contributed by atoms with Crippen molar-refractivity contribution >= 4 is 33.2 Å². The highest BCUT2D eigenvalue weighted by atomic mass is 79.9. The molecule has 3 N–H and O–H groups in total. The summed E-state index contributed by atoms with van der Waals surface area (Å²) in [5.41, 5.74) is 5.37. The van der Waals surface area contributed by atoms with E-state index in [0.29, 0.717) is 15.9 Å². The third kappa shape index (κ3) is 3.15. The summed E-state index contributed by atoms with van der Waals surface area (Å²) < 4.78 is 5.89. The molecule has 0 saturated heterocycles. The fourth-order valence-corrected chi connectivity index (χ4v) is 1.96. The molecular weight excluding hydrogens is 330 g/mol. The summed E-state index contributed by atoms with van der Waals surface area (Å²) >= 11 is 3.25.